The van der Waals surface area contributed by atoms with Crippen LogP contribution in [0.15, 0.2) is 0 Å². The Balaban J connectivity index is 1.98. The first kappa shape index (κ1) is 7.29. The zero-order valence-corrected chi connectivity index (χ0v) is 6.71. The molecule has 2 unspecified atom stereocenters. The van der Waals surface area contributed by atoms with E-state index in [0.717, 1.165) is 38.4 Å². The summed E-state index contributed by atoms with van der Waals surface area (Å²) in [5.41, 5.74) is 0. The second kappa shape index (κ2) is 2.94. The molecule has 1 saturated heterocycles. The van der Waals surface area contributed by atoms with Gasteiger partial charge in [-0.05, 0) is 24.7 Å². The van der Waals surface area contributed by atoms with E-state index in [9.17, 15) is 4.79 Å². The Bertz CT molecular complexity index is 165. The van der Waals surface area contributed by atoms with Gasteiger partial charge in [0.15, 0.2) is 0 Å². The van der Waals surface area contributed by atoms with Crippen molar-refractivity contribution < 1.29 is 9.53 Å². The van der Waals surface area contributed by atoms with Gasteiger partial charge in [-0.2, -0.15) is 0 Å². The van der Waals surface area contributed by atoms with Crippen molar-refractivity contribution >= 4 is 5.78 Å². The van der Waals surface area contributed by atoms with Crippen LogP contribution in [-0.4, -0.2) is 19.0 Å². The highest BCUT2D eigenvalue weighted by molar-refractivity contribution is 5.79. The molecule has 0 bridgehead atoms. The molecule has 0 aromatic rings. The normalized spacial score (nSPS) is 38.4. The molecule has 0 aromatic carbocycles. The Morgan fingerprint density at radius 2 is 2.18 bits per heavy atom. The van der Waals surface area contributed by atoms with Gasteiger partial charge in [0.05, 0.1) is 6.61 Å². The van der Waals surface area contributed by atoms with Crippen molar-refractivity contribution in [3.05, 3.63) is 0 Å². The van der Waals surface area contributed by atoms with E-state index >= 15 is 0 Å². The molecule has 2 atom stereocenters. The summed E-state index contributed by atoms with van der Waals surface area (Å²) in [4.78, 5) is 11.1. The largest absolute Gasteiger partial charge is 0.381 e. The molecular formula is C9H14O2. The summed E-state index contributed by atoms with van der Waals surface area (Å²) < 4.78 is 5.34. The molecule has 1 saturated carbocycles. The minimum Gasteiger partial charge on any atom is -0.381 e. The lowest BCUT2D eigenvalue weighted by Crippen LogP contribution is -2.33. The quantitative estimate of drug-likeness (QED) is 0.527. The predicted octanol–water partition coefficient (Wildman–Crippen LogP) is 1.39. The van der Waals surface area contributed by atoms with Gasteiger partial charge in [-0.25, -0.2) is 0 Å². The summed E-state index contributed by atoms with van der Waals surface area (Å²) in [5, 5.41) is 0. The van der Waals surface area contributed by atoms with E-state index in [1.807, 2.05) is 0 Å². The van der Waals surface area contributed by atoms with Crippen LogP contribution in [0, 0.1) is 11.8 Å². The van der Waals surface area contributed by atoms with Crippen LogP contribution in [0.1, 0.15) is 25.7 Å². The zero-order chi connectivity index (χ0) is 7.68. The monoisotopic (exact) mass is 154 g/mol. The van der Waals surface area contributed by atoms with Crippen molar-refractivity contribution in [1.82, 2.24) is 0 Å². The number of ether oxygens (including phenoxy) is 1. The van der Waals surface area contributed by atoms with Gasteiger partial charge in [0.1, 0.15) is 5.78 Å². The molecule has 0 spiro atoms. The standard InChI is InChI=1S/C9H14O2/c10-9-2-1-7-3-4-11-6-8(7)5-9/h7-8H,1-6H2. The zero-order valence-electron chi connectivity index (χ0n) is 6.71. The SMILES string of the molecule is O=C1CCC2CCOCC2C1. The molecule has 1 aliphatic carbocycles. The summed E-state index contributed by atoms with van der Waals surface area (Å²) in [6, 6.07) is 0. The Morgan fingerprint density at radius 1 is 1.27 bits per heavy atom. The molecule has 11 heavy (non-hydrogen) atoms. The highest BCUT2D eigenvalue weighted by Crippen LogP contribution is 2.33. The van der Waals surface area contributed by atoms with E-state index < -0.39 is 0 Å². The maximum Gasteiger partial charge on any atom is 0.133 e. The third-order valence-corrected chi connectivity index (χ3v) is 2.92. The van der Waals surface area contributed by atoms with Gasteiger partial charge in [0.2, 0.25) is 0 Å². The fraction of sp³-hybridized carbons (Fsp3) is 0.889. The minimum atomic E-state index is 0.441. The first-order valence-electron chi connectivity index (χ1n) is 4.45. The van der Waals surface area contributed by atoms with Gasteiger partial charge >= 0.3 is 0 Å². The van der Waals surface area contributed by atoms with Crippen molar-refractivity contribution in [3.63, 3.8) is 0 Å². The second-order valence-electron chi connectivity index (χ2n) is 3.67. The minimum absolute atomic E-state index is 0.441. The number of ketones is 1. The van der Waals surface area contributed by atoms with Crippen LogP contribution in [0.4, 0.5) is 0 Å². The van der Waals surface area contributed by atoms with Crippen molar-refractivity contribution in [2.75, 3.05) is 13.2 Å². The third kappa shape index (κ3) is 1.45. The second-order valence-corrected chi connectivity index (χ2v) is 3.67. The number of rotatable bonds is 0. The molecule has 1 heterocycles. The summed E-state index contributed by atoms with van der Waals surface area (Å²) >= 11 is 0. The predicted molar refractivity (Wildman–Crippen MR) is 41.3 cm³/mol. The molecule has 0 N–H and O–H groups in total. The van der Waals surface area contributed by atoms with Crippen LogP contribution in [-0.2, 0) is 9.53 Å². The number of fused-ring (bicyclic) bond motifs is 1. The summed E-state index contributed by atoms with van der Waals surface area (Å²) in [5.74, 6) is 1.79. The van der Waals surface area contributed by atoms with Crippen LogP contribution in [0.5, 0.6) is 0 Å². The van der Waals surface area contributed by atoms with Crippen molar-refractivity contribution in [3.8, 4) is 0 Å². The maximum absolute atomic E-state index is 11.1. The first-order chi connectivity index (χ1) is 5.36. The summed E-state index contributed by atoms with van der Waals surface area (Å²) in [6.45, 7) is 1.74. The van der Waals surface area contributed by atoms with Gasteiger partial charge in [0, 0.05) is 19.4 Å². The number of hydrogen-bond acceptors (Lipinski definition) is 2. The van der Waals surface area contributed by atoms with E-state index in [1.165, 1.54) is 6.42 Å². The Kier molecular flexibility index (Phi) is 1.95. The Hall–Kier alpha value is -0.370. The lowest BCUT2D eigenvalue weighted by Gasteiger charge is -2.34. The van der Waals surface area contributed by atoms with E-state index in [1.54, 1.807) is 0 Å². The summed E-state index contributed by atoms with van der Waals surface area (Å²) in [7, 11) is 0. The van der Waals surface area contributed by atoms with Crippen molar-refractivity contribution in [2.24, 2.45) is 11.8 Å². The molecule has 1 aliphatic heterocycles. The first-order valence-corrected chi connectivity index (χ1v) is 4.45. The average Bonchev–Trinajstić information content (AvgIpc) is 2.04. The molecule has 2 heteroatoms. The highest BCUT2D eigenvalue weighted by Gasteiger charge is 2.31. The summed E-state index contributed by atoms with van der Waals surface area (Å²) in [6.07, 6.45) is 3.90. The van der Waals surface area contributed by atoms with Crippen molar-refractivity contribution in [1.29, 1.82) is 0 Å². The number of carbonyl (C=O) groups excluding carboxylic acids is 1. The van der Waals surface area contributed by atoms with E-state index in [0.29, 0.717) is 11.7 Å². The van der Waals surface area contributed by atoms with E-state index in [4.69, 9.17) is 4.74 Å². The molecule has 2 rings (SSSR count). The molecule has 2 aliphatic rings. The highest BCUT2D eigenvalue weighted by atomic mass is 16.5. The molecule has 62 valence electrons. The molecular weight excluding hydrogens is 140 g/mol. The smallest absolute Gasteiger partial charge is 0.133 e. The third-order valence-electron chi connectivity index (χ3n) is 2.92. The van der Waals surface area contributed by atoms with E-state index in [-0.39, 0.29) is 0 Å². The van der Waals surface area contributed by atoms with Gasteiger partial charge < -0.3 is 4.74 Å². The van der Waals surface area contributed by atoms with Gasteiger partial charge in [-0.3, -0.25) is 4.79 Å². The van der Waals surface area contributed by atoms with Crippen LogP contribution in [0.3, 0.4) is 0 Å². The topological polar surface area (TPSA) is 26.3 Å². The average molecular weight is 154 g/mol. The van der Waals surface area contributed by atoms with Crippen molar-refractivity contribution in [2.45, 2.75) is 25.7 Å². The number of hydrogen-bond donors (Lipinski definition) is 0. The lowest BCUT2D eigenvalue weighted by molar-refractivity contribution is -0.125. The van der Waals surface area contributed by atoms with Crippen LogP contribution in [0.2, 0.25) is 0 Å². The lowest BCUT2D eigenvalue weighted by atomic mass is 9.76. The number of carbonyl (C=O) groups is 1. The Labute approximate surface area is 66.9 Å². The van der Waals surface area contributed by atoms with Crippen LogP contribution in [0.25, 0.3) is 0 Å². The fourth-order valence-electron chi connectivity index (χ4n) is 2.19. The molecule has 0 amide bonds. The van der Waals surface area contributed by atoms with Gasteiger partial charge in [-0.15, -0.1) is 0 Å². The van der Waals surface area contributed by atoms with Crippen LogP contribution < -0.4 is 0 Å². The maximum atomic E-state index is 11.1. The fourth-order valence-corrected chi connectivity index (χ4v) is 2.19. The number of Topliss-reactive ketones (excluding diaryl/α,β-unsaturated/α-hetero) is 1. The van der Waals surface area contributed by atoms with Crippen LogP contribution >= 0.6 is 0 Å². The Morgan fingerprint density at radius 3 is 3.09 bits per heavy atom. The van der Waals surface area contributed by atoms with Gasteiger partial charge in [-0.1, -0.05) is 0 Å². The molecule has 0 aromatic heterocycles. The molecule has 0 radical (unpaired) electrons. The molecule has 2 fully saturated rings. The van der Waals surface area contributed by atoms with E-state index in [2.05, 4.69) is 0 Å². The van der Waals surface area contributed by atoms with Gasteiger partial charge in [0.25, 0.3) is 0 Å². The molecule has 2 nitrogen and oxygen atoms in total.